The maximum Gasteiger partial charge on any atom is 2.00 e. The number of fused-ring (bicyclic) bond motifs is 6. The van der Waals surface area contributed by atoms with Gasteiger partial charge in [-0.1, -0.05) is 126 Å². The molecule has 0 radical (unpaired) electrons. The quantitative estimate of drug-likeness (QED) is 0.0705. The Hall–Kier alpha value is -7.29. The van der Waals surface area contributed by atoms with Crippen LogP contribution in [0, 0.1) is 24.1 Å². The van der Waals surface area contributed by atoms with Gasteiger partial charge in [0.2, 0.25) is 0 Å². The van der Waals surface area contributed by atoms with E-state index in [2.05, 4.69) is 197 Å². The number of aromatic nitrogens is 8. The average molecular weight is 1180 g/mol. The van der Waals surface area contributed by atoms with Gasteiger partial charge in [-0.15, -0.1) is 0 Å². The molecule has 8 heterocycles. The molecule has 2 aliphatic rings. The van der Waals surface area contributed by atoms with Gasteiger partial charge in [0.25, 0.3) is 0 Å². The summed E-state index contributed by atoms with van der Waals surface area (Å²) in [4.78, 5) is 24.9. The minimum absolute atomic E-state index is 0. The van der Waals surface area contributed by atoms with E-state index in [-0.39, 0.29) is 62.9 Å². The molecule has 6 aromatic carbocycles. The first-order valence-corrected chi connectivity index (χ1v) is 29.6. The average Bonchev–Trinajstić information content (AvgIpc) is 1.30. The van der Waals surface area contributed by atoms with Gasteiger partial charge in [-0.3, -0.25) is 8.80 Å². The SMILES string of the molecule is CC(C)CCc1ccc(Oc2ccc3c(c2)c2ncc4n2c2c(cccc32)C(C)(C)C4(C)C)cc1-c1ncc[nH]1.CC(C)CN.CC1(C)c2cccc3c4ccc(Oc5ccc(F)c(-c6ncc[nH]6)c5)cc4c4ncc(n4c23)C1(C)C.C[CH-]C.[Cl-].[Mg+2]. The largest absolute Gasteiger partial charge is 2.00 e. The molecule has 2 aliphatic heterocycles. The van der Waals surface area contributed by atoms with Crippen molar-refractivity contribution < 1.29 is 26.3 Å². The van der Waals surface area contributed by atoms with Crippen LogP contribution in [-0.4, -0.2) is 68.3 Å². The normalized spacial score (nSPS) is 14.6. The number of nitrogens with one attached hydrogen (secondary N) is 2. The predicted molar refractivity (Wildman–Crippen MR) is 349 cm³/mol. The van der Waals surface area contributed by atoms with Crippen LogP contribution >= 0.6 is 0 Å². The second kappa shape index (κ2) is 24.5. The van der Waals surface area contributed by atoms with Crippen molar-refractivity contribution in [1.29, 1.82) is 0 Å². The summed E-state index contributed by atoms with van der Waals surface area (Å²) in [7, 11) is 0. The molecule has 0 aliphatic carbocycles. The molecule has 6 aromatic heterocycles. The van der Waals surface area contributed by atoms with Crippen LogP contribution in [0.2, 0.25) is 0 Å². The van der Waals surface area contributed by atoms with Gasteiger partial charge in [-0.2, -0.15) is 13.8 Å². The summed E-state index contributed by atoms with van der Waals surface area (Å²) in [5, 5.41) is 6.91. The van der Waals surface area contributed by atoms with Crippen molar-refractivity contribution in [2.24, 2.45) is 17.6 Å². The van der Waals surface area contributed by atoms with Crippen molar-refractivity contribution >= 4 is 77.7 Å². The van der Waals surface area contributed by atoms with Crippen LogP contribution in [0.1, 0.15) is 131 Å². The summed E-state index contributed by atoms with van der Waals surface area (Å²) in [6.45, 7) is 32.2. The molecule has 0 fully saturated rings. The number of H-pyrrole nitrogens is 2. The molecular weight excluding hydrogens is 1100 g/mol. The summed E-state index contributed by atoms with van der Waals surface area (Å²) in [6.07, 6.45) is 15.2. The molecule has 440 valence electrons. The fourth-order valence-corrected chi connectivity index (χ4v) is 12.1. The molecule has 4 N–H and O–H groups in total. The fourth-order valence-electron chi connectivity index (χ4n) is 12.1. The molecule has 14 rings (SSSR count). The number of hydrogen-bond donors (Lipinski definition) is 3. The monoisotopic (exact) mass is 1180 g/mol. The summed E-state index contributed by atoms with van der Waals surface area (Å²) >= 11 is 0. The number of para-hydroxylation sites is 2. The number of rotatable bonds is 10. The smallest absolute Gasteiger partial charge is 1.00 e. The summed E-state index contributed by atoms with van der Waals surface area (Å²) in [5.74, 6) is 5.08. The van der Waals surface area contributed by atoms with Crippen LogP contribution in [-0.2, 0) is 28.1 Å². The first-order valence-electron chi connectivity index (χ1n) is 29.6. The Morgan fingerprint density at radius 1 is 0.535 bits per heavy atom. The molecule has 0 saturated carbocycles. The van der Waals surface area contributed by atoms with Crippen LogP contribution in [0.25, 0.3) is 77.4 Å². The maximum absolute atomic E-state index is 14.4. The van der Waals surface area contributed by atoms with Gasteiger partial charge in [-0.25, -0.2) is 24.3 Å². The van der Waals surface area contributed by atoms with Gasteiger partial charge in [0, 0.05) is 97.3 Å². The second-order valence-corrected chi connectivity index (χ2v) is 25.6. The molecule has 0 atom stereocenters. The van der Waals surface area contributed by atoms with Crippen molar-refractivity contribution in [2.75, 3.05) is 6.54 Å². The van der Waals surface area contributed by atoms with Crippen molar-refractivity contribution in [3.63, 3.8) is 0 Å². The Morgan fingerprint density at radius 3 is 1.38 bits per heavy atom. The van der Waals surface area contributed by atoms with Crippen LogP contribution in [0.15, 0.2) is 146 Å². The number of imidazole rings is 4. The molecule has 12 aromatic rings. The van der Waals surface area contributed by atoms with Crippen molar-refractivity contribution in [2.45, 2.75) is 131 Å². The van der Waals surface area contributed by atoms with Gasteiger partial charge < -0.3 is 44.0 Å². The van der Waals surface area contributed by atoms with Crippen molar-refractivity contribution in [3.05, 3.63) is 187 Å². The third-order valence-electron chi connectivity index (χ3n) is 18.3. The number of aromatic amines is 2. The van der Waals surface area contributed by atoms with Crippen molar-refractivity contribution in [3.8, 4) is 45.8 Å². The third-order valence-corrected chi connectivity index (χ3v) is 18.3. The van der Waals surface area contributed by atoms with Crippen molar-refractivity contribution in [1.82, 2.24) is 38.7 Å². The van der Waals surface area contributed by atoms with Gasteiger partial charge in [-0.05, 0) is 125 Å². The first kappa shape index (κ1) is 63.2. The number of benzene rings is 6. The molecule has 0 saturated heterocycles. The Bertz CT molecular complexity index is 4400. The minimum atomic E-state index is -0.357. The maximum atomic E-state index is 14.4. The van der Waals surface area contributed by atoms with Gasteiger partial charge in [0.1, 0.15) is 51.8 Å². The van der Waals surface area contributed by atoms with E-state index in [0.717, 1.165) is 69.7 Å². The van der Waals surface area contributed by atoms with Crippen LogP contribution < -0.4 is 27.6 Å². The summed E-state index contributed by atoms with van der Waals surface area (Å²) in [6, 6.07) is 36.9. The van der Waals surface area contributed by atoms with E-state index in [1.165, 1.54) is 61.3 Å². The minimum Gasteiger partial charge on any atom is -1.00 e. The summed E-state index contributed by atoms with van der Waals surface area (Å²) < 4.78 is 31.9. The van der Waals surface area contributed by atoms with E-state index in [4.69, 9.17) is 25.2 Å². The Kier molecular flexibility index (Phi) is 18.0. The van der Waals surface area contributed by atoms with E-state index < -0.39 is 0 Å². The predicted octanol–water partition coefficient (Wildman–Crippen LogP) is 15.0. The zero-order chi connectivity index (χ0) is 59.6. The number of hydrogen-bond acceptors (Lipinski definition) is 7. The van der Waals surface area contributed by atoms with E-state index in [0.29, 0.717) is 34.7 Å². The van der Waals surface area contributed by atoms with Crippen LogP contribution in [0.4, 0.5) is 4.39 Å². The molecule has 0 unspecified atom stereocenters. The number of nitrogens with two attached hydrogens (primary N) is 1. The topological polar surface area (TPSA) is 136 Å². The molecular formula is C72H79ClFMgN9O2. The number of halogens is 2. The van der Waals surface area contributed by atoms with E-state index >= 15 is 0 Å². The van der Waals surface area contributed by atoms with E-state index in [1.54, 1.807) is 30.7 Å². The Labute approximate surface area is 527 Å². The van der Waals surface area contributed by atoms with Crippen LogP contribution in [0.5, 0.6) is 23.0 Å². The zero-order valence-corrected chi connectivity index (χ0v) is 54.4. The molecule has 0 amide bonds. The molecule has 86 heavy (non-hydrogen) atoms. The molecule has 0 spiro atoms. The Morgan fingerprint density at radius 2 is 0.953 bits per heavy atom. The number of aryl methyl sites for hydroxylation is 1. The van der Waals surface area contributed by atoms with E-state index in [9.17, 15) is 4.39 Å². The van der Waals surface area contributed by atoms with Crippen LogP contribution in [0.3, 0.4) is 0 Å². The molecule has 11 nitrogen and oxygen atoms in total. The molecule has 0 bridgehead atoms. The Balaban J connectivity index is 0.000000180. The second-order valence-electron chi connectivity index (χ2n) is 25.6. The zero-order valence-electron chi connectivity index (χ0n) is 52.2. The standard InChI is InChI=1S/C35H36N4O.C30H25FN4O.C4H11N.C3H7.ClH.Mg/c1-21(2)10-11-22-12-13-23(18-27(22)32-36-16-17-37-32)40-24-14-15-25-26-8-7-9-29-31(26)39-30(35(5,6)34(29,3)4)20-38-33(39)28(25)19-24;1-29(2)23-7-5-6-20-19-10-8-17(36-18-9-11-24(31)22(15-18)27-32-12-13-33-27)14-21(19)28-34-16-25(30(29,3)4)35(28)26(20)23;1-4(2)3-5;1-3-2;;/h7-9,12-21H,10-11H2,1-6H3,(H,36,37);5-16H,1-4H3,(H,32,33);4H,3,5H2,1-2H3;3H,1-2H3;1H;/q;;;-1;;+2/p-1. The molecule has 14 heteroatoms. The number of pyridine rings is 2. The van der Waals surface area contributed by atoms with E-state index in [1.807, 2.05) is 44.8 Å². The van der Waals surface area contributed by atoms with Gasteiger partial charge in [0.15, 0.2) is 0 Å². The third kappa shape index (κ3) is 10.8. The first-order chi connectivity index (χ1) is 40.1. The fraction of sp³-hybridized carbons (Fsp3) is 0.319. The van der Waals surface area contributed by atoms with Gasteiger partial charge in [0.05, 0.1) is 16.6 Å². The number of nitrogens with zero attached hydrogens (tertiary/aromatic N) is 6. The summed E-state index contributed by atoms with van der Waals surface area (Å²) in [5.41, 5.74) is 17.2. The van der Waals surface area contributed by atoms with Gasteiger partial charge >= 0.3 is 23.1 Å². The number of ether oxygens (including phenoxy) is 2.